The predicted octanol–water partition coefficient (Wildman–Crippen LogP) is 0.294. The minimum Gasteiger partial charge on any atom is -0.480 e. The SMILES string of the molecule is CC(N)(CCCSCCO)C(=O)O. The minimum atomic E-state index is -1.11. The van der Waals surface area contributed by atoms with Gasteiger partial charge in [0.1, 0.15) is 5.54 Å². The Morgan fingerprint density at radius 3 is 2.62 bits per heavy atom. The van der Waals surface area contributed by atoms with E-state index in [1.807, 2.05) is 0 Å². The molecule has 0 aliphatic heterocycles. The molecule has 4 nitrogen and oxygen atoms in total. The summed E-state index contributed by atoms with van der Waals surface area (Å²) in [6.45, 7) is 1.69. The molecular formula is C8H17NO3S. The average Bonchev–Trinajstić information content (AvgIpc) is 2.03. The number of hydrogen-bond acceptors (Lipinski definition) is 4. The molecule has 0 rings (SSSR count). The van der Waals surface area contributed by atoms with E-state index in [4.69, 9.17) is 15.9 Å². The highest BCUT2D eigenvalue weighted by Crippen LogP contribution is 2.12. The predicted molar refractivity (Wildman–Crippen MR) is 53.9 cm³/mol. The van der Waals surface area contributed by atoms with Gasteiger partial charge in [0.15, 0.2) is 0 Å². The van der Waals surface area contributed by atoms with E-state index in [0.717, 1.165) is 12.2 Å². The van der Waals surface area contributed by atoms with Crippen molar-refractivity contribution >= 4 is 17.7 Å². The molecule has 5 heteroatoms. The van der Waals surface area contributed by atoms with Crippen molar-refractivity contribution in [1.29, 1.82) is 0 Å². The van der Waals surface area contributed by atoms with Crippen LogP contribution in [-0.4, -0.2) is 39.8 Å². The third kappa shape index (κ3) is 5.90. The summed E-state index contributed by atoms with van der Waals surface area (Å²) in [4.78, 5) is 10.6. The van der Waals surface area contributed by atoms with Crippen LogP contribution in [0.15, 0.2) is 0 Å². The molecule has 0 radical (unpaired) electrons. The molecule has 0 saturated carbocycles. The van der Waals surface area contributed by atoms with Crippen molar-refractivity contribution in [2.24, 2.45) is 5.73 Å². The van der Waals surface area contributed by atoms with Gasteiger partial charge in [0.05, 0.1) is 6.61 Å². The average molecular weight is 207 g/mol. The first-order chi connectivity index (χ1) is 6.00. The monoisotopic (exact) mass is 207 g/mol. The molecule has 1 atom stereocenters. The normalized spacial score (nSPS) is 15.3. The van der Waals surface area contributed by atoms with E-state index in [9.17, 15) is 4.79 Å². The van der Waals surface area contributed by atoms with E-state index < -0.39 is 11.5 Å². The fraction of sp³-hybridized carbons (Fsp3) is 0.875. The highest BCUT2D eigenvalue weighted by atomic mass is 32.2. The first-order valence-corrected chi connectivity index (χ1v) is 5.37. The molecule has 0 saturated heterocycles. The molecule has 78 valence electrons. The fourth-order valence-corrected chi connectivity index (χ4v) is 1.50. The van der Waals surface area contributed by atoms with Crippen molar-refractivity contribution in [3.8, 4) is 0 Å². The molecule has 0 heterocycles. The van der Waals surface area contributed by atoms with E-state index in [1.165, 1.54) is 6.92 Å². The van der Waals surface area contributed by atoms with Gasteiger partial charge in [0.25, 0.3) is 0 Å². The third-order valence-electron chi connectivity index (χ3n) is 1.71. The number of nitrogens with two attached hydrogens (primary N) is 1. The van der Waals surface area contributed by atoms with Crippen molar-refractivity contribution in [2.45, 2.75) is 25.3 Å². The summed E-state index contributed by atoms with van der Waals surface area (Å²) >= 11 is 1.61. The maximum absolute atomic E-state index is 10.6. The quantitative estimate of drug-likeness (QED) is 0.523. The van der Waals surface area contributed by atoms with Gasteiger partial charge in [-0.3, -0.25) is 4.79 Å². The molecule has 4 N–H and O–H groups in total. The van der Waals surface area contributed by atoms with Crippen molar-refractivity contribution in [3.05, 3.63) is 0 Å². The second-order valence-corrected chi connectivity index (χ2v) is 4.39. The lowest BCUT2D eigenvalue weighted by Gasteiger charge is -2.18. The Balaban J connectivity index is 3.46. The maximum Gasteiger partial charge on any atom is 0.323 e. The molecule has 0 aromatic rings. The lowest BCUT2D eigenvalue weighted by atomic mass is 9.98. The van der Waals surface area contributed by atoms with E-state index in [0.29, 0.717) is 12.2 Å². The Morgan fingerprint density at radius 2 is 2.15 bits per heavy atom. The third-order valence-corrected chi connectivity index (χ3v) is 2.76. The Morgan fingerprint density at radius 1 is 1.54 bits per heavy atom. The zero-order chi connectivity index (χ0) is 10.3. The molecule has 0 amide bonds. The summed E-state index contributed by atoms with van der Waals surface area (Å²) in [5.41, 5.74) is 4.40. The van der Waals surface area contributed by atoms with Crippen LogP contribution in [0.1, 0.15) is 19.8 Å². The highest BCUT2D eigenvalue weighted by Gasteiger charge is 2.26. The number of aliphatic hydroxyl groups is 1. The number of carboxylic acid groups (broad SMARTS) is 1. The van der Waals surface area contributed by atoms with Crippen molar-refractivity contribution < 1.29 is 15.0 Å². The van der Waals surface area contributed by atoms with Crippen LogP contribution in [0.5, 0.6) is 0 Å². The molecule has 0 bridgehead atoms. The summed E-state index contributed by atoms with van der Waals surface area (Å²) in [6, 6.07) is 0. The molecule has 0 spiro atoms. The number of rotatable bonds is 7. The van der Waals surface area contributed by atoms with Gasteiger partial charge in [-0.15, -0.1) is 0 Å². The van der Waals surface area contributed by atoms with Crippen LogP contribution in [0, 0.1) is 0 Å². The van der Waals surface area contributed by atoms with E-state index in [1.54, 1.807) is 11.8 Å². The van der Waals surface area contributed by atoms with Crippen LogP contribution < -0.4 is 5.73 Å². The minimum absolute atomic E-state index is 0.170. The van der Waals surface area contributed by atoms with Gasteiger partial charge in [-0.1, -0.05) is 0 Å². The van der Waals surface area contributed by atoms with E-state index in [2.05, 4.69) is 0 Å². The second kappa shape index (κ2) is 6.23. The molecular weight excluding hydrogens is 190 g/mol. The topological polar surface area (TPSA) is 83.5 Å². The number of aliphatic carboxylic acids is 1. The molecule has 0 aromatic heterocycles. The smallest absolute Gasteiger partial charge is 0.323 e. The van der Waals surface area contributed by atoms with Gasteiger partial charge in [0.2, 0.25) is 0 Å². The van der Waals surface area contributed by atoms with E-state index >= 15 is 0 Å². The van der Waals surface area contributed by atoms with Crippen LogP contribution in [-0.2, 0) is 4.79 Å². The van der Waals surface area contributed by atoms with Gasteiger partial charge < -0.3 is 15.9 Å². The summed E-state index contributed by atoms with van der Waals surface area (Å²) in [5.74, 6) is 0.592. The largest absolute Gasteiger partial charge is 0.480 e. The number of hydrogen-bond donors (Lipinski definition) is 3. The summed E-state index contributed by atoms with van der Waals surface area (Å²) < 4.78 is 0. The van der Waals surface area contributed by atoms with Gasteiger partial charge in [0, 0.05) is 5.75 Å². The lowest BCUT2D eigenvalue weighted by molar-refractivity contribution is -0.142. The zero-order valence-electron chi connectivity index (χ0n) is 7.82. The van der Waals surface area contributed by atoms with Gasteiger partial charge in [-0.2, -0.15) is 11.8 Å². The number of aliphatic hydroxyl groups excluding tert-OH is 1. The molecule has 0 fully saturated rings. The standard InChI is InChI=1S/C8H17NO3S/c1-8(9,7(11)12)3-2-5-13-6-4-10/h10H,2-6,9H2,1H3,(H,11,12). The molecule has 0 aromatic carbocycles. The molecule has 13 heavy (non-hydrogen) atoms. The Labute approximate surface area is 82.5 Å². The Kier molecular flexibility index (Phi) is 6.11. The van der Waals surface area contributed by atoms with E-state index in [-0.39, 0.29) is 6.61 Å². The van der Waals surface area contributed by atoms with Crippen molar-refractivity contribution in [1.82, 2.24) is 0 Å². The van der Waals surface area contributed by atoms with Crippen LogP contribution in [0.2, 0.25) is 0 Å². The molecule has 1 unspecified atom stereocenters. The second-order valence-electron chi connectivity index (χ2n) is 3.16. The number of thioether (sulfide) groups is 1. The summed E-state index contributed by atoms with van der Waals surface area (Å²) in [5, 5.41) is 17.1. The van der Waals surface area contributed by atoms with Crippen molar-refractivity contribution in [3.63, 3.8) is 0 Å². The van der Waals surface area contributed by atoms with Gasteiger partial charge in [-0.05, 0) is 25.5 Å². The number of carboxylic acids is 1. The van der Waals surface area contributed by atoms with Crippen molar-refractivity contribution in [2.75, 3.05) is 18.1 Å². The molecule has 0 aliphatic carbocycles. The first-order valence-electron chi connectivity index (χ1n) is 4.21. The van der Waals surface area contributed by atoms with Crippen LogP contribution >= 0.6 is 11.8 Å². The van der Waals surface area contributed by atoms with Crippen LogP contribution in [0.3, 0.4) is 0 Å². The highest BCUT2D eigenvalue weighted by molar-refractivity contribution is 7.99. The Hall–Kier alpha value is -0.260. The van der Waals surface area contributed by atoms with Crippen LogP contribution in [0.25, 0.3) is 0 Å². The summed E-state index contributed by atoms with van der Waals surface area (Å²) in [7, 11) is 0. The lowest BCUT2D eigenvalue weighted by Crippen LogP contribution is -2.44. The fourth-order valence-electron chi connectivity index (χ4n) is 0.815. The van der Waals surface area contributed by atoms with Crippen LogP contribution in [0.4, 0.5) is 0 Å². The zero-order valence-corrected chi connectivity index (χ0v) is 8.64. The number of carbonyl (C=O) groups is 1. The summed E-state index contributed by atoms with van der Waals surface area (Å²) in [6.07, 6.45) is 1.24. The Bertz CT molecular complexity index is 161. The van der Waals surface area contributed by atoms with Gasteiger partial charge >= 0.3 is 5.97 Å². The van der Waals surface area contributed by atoms with Gasteiger partial charge in [-0.25, -0.2) is 0 Å². The molecule has 0 aliphatic rings. The maximum atomic E-state index is 10.6. The first kappa shape index (κ1) is 12.7.